The summed E-state index contributed by atoms with van der Waals surface area (Å²) >= 11 is 0. The zero-order valence-corrected chi connectivity index (χ0v) is 15.1. The summed E-state index contributed by atoms with van der Waals surface area (Å²) in [5.41, 5.74) is 4.12. The second-order valence-electron chi connectivity index (χ2n) is 6.41. The Bertz CT molecular complexity index is 1130. The van der Waals surface area contributed by atoms with E-state index in [1.807, 2.05) is 0 Å². The fraction of sp³-hybridized carbons (Fsp3) is 0.158. The van der Waals surface area contributed by atoms with Crippen LogP contribution in [0.2, 0.25) is 0 Å². The van der Waals surface area contributed by atoms with Crippen LogP contribution in [0.5, 0.6) is 0 Å². The van der Waals surface area contributed by atoms with E-state index in [2.05, 4.69) is 15.0 Å². The van der Waals surface area contributed by atoms with E-state index in [-0.39, 0.29) is 34.0 Å². The van der Waals surface area contributed by atoms with Gasteiger partial charge in [-0.05, 0) is 35.4 Å². The van der Waals surface area contributed by atoms with Gasteiger partial charge in [0.15, 0.2) is 29.5 Å². The van der Waals surface area contributed by atoms with Crippen LogP contribution in [-0.4, -0.2) is 33.8 Å². The minimum atomic E-state index is -1.83. The van der Waals surface area contributed by atoms with E-state index in [1.54, 1.807) is 0 Å². The van der Waals surface area contributed by atoms with Crippen molar-refractivity contribution in [2.45, 2.75) is 12.2 Å². The number of nitrogens with two attached hydrogens (primary N) is 1. The van der Waals surface area contributed by atoms with Crippen molar-refractivity contribution in [2.24, 2.45) is 10.7 Å². The first-order valence-corrected chi connectivity index (χ1v) is 8.41. The lowest BCUT2D eigenvalue weighted by molar-refractivity contribution is -0.129. The summed E-state index contributed by atoms with van der Waals surface area (Å²) < 4.78 is 47.0. The highest BCUT2D eigenvalue weighted by Crippen LogP contribution is 2.41. The maximum Gasteiger partial charge on any atom is 0.266 e. The van der Waals surface area contributed by atoms with Gasteiger partial charge in [0, 0.05) is 18.8 Å². The molecule has 10 heteroatoms. The second-order valence-corrected chi connectivity index (χ2v) is 6.41. The normalized spacial score (nSPS) is 19.0. The van der Waals surface area contributed by atoms with Crippen LogP contribution in [0.25, 0.3) is 11.3 Å². The van der Waals surface area contributed by atoms with Crippen LogP contribution >= 0.6 is 0 Å². The van der Waals surface area contributed by atoms with Gasteiger partial charge < -0.3 is 10.2 Å². The van der Waals surface area contributed by atoms with E-state index in [9.17, 15) is 18.0 Å². The molecule has 7 nitrogen and oxygen atoms in total. The Morgan fingerprint density at radius 3 is 2.62 bits per heavy atom. The highest BCUT2D eigenvalue weighted by Gasteiger charge is 2.50. The molecule has 0 radical (unpaired) electrons. The average Bonchev–Trinajstić information content (AvgIpc) is 3.34. The van der Waals surface area contributed by atoms with Crippen LogP contribution in [0.3, 0.4) is 0 Å². The molecule has 1 atom stereocenters. The number of hydrogen-bond donors (Lipinski definition) is 1. The average molecular weight is 401 g/mol. The molecule has 29 heavy (non-hydrogen) atoms. The molecular weight excluding hydrogens is 387 g/mol. The summed E-state index contributed by atoms with van der Waals surface area (Å²) in [4.78, 5) is 26.3. The van der Waals surface area contributed by atoms with Crippen LogP contribution < -0.4 is 5.73 Å². The fourth-order valence-corrected chi connectivity index (χ4v) is 3.29. The molecule has 2 aromatic heterocycles. The van der Waals surface area contributed by atoms with Gasteiger partial charge in [0.05, 0.1) is 5.69 Å². The van der Waals surface area contributed by atoms with Crippen LogP contribution in [0, 0.1) is 11.6 Å². The lowest BCUT2D eigenvalue weighted by Crippen LogP contribution is -2.41. The number of benzene rings is 1. The molecule has 1 aliphatic heterocycles. The highest BCUT2D eigenvalue weighted by atomic mass is 19.2. The monoisotopic (exact) mass is 401 g/mol. The van der Waals surface area contributed by atoms with Crippen molar-refractivity contribution < 1.29 is 22.4 Å². The molecule has 3 heterocycles. The molecule has 1 unspecified atom stereocenters. The van der Waals surface area contributed by atoms with E-state index < -0.39 is 29.8 Å². The van der Waals surface area contributed by atoms with Crippen LogP contribution in [0.15, 0.2) is 52.5 Å². The number of nitrogens with zero attached hydrogens (tertiary/aromatic N) is 4. The summed E-state index contributed by atoms with van der Waals surface area (Å²) in [7, 11) is 1.40. The molecule has 0 bridgehead atoms. The van der Waals surface area contributed by atoms with Crippen molar-refractivity contribution >= 4 is 11.9 Å². The molecular formula is C19H14F3N5O2. The van der Waals surface area contributed by atoms with E-state index in [4.69, 9.17) is 10.2 Å². The molecule has 1 aromatic carbocycles. The Kier molecular flexibility index (Phi) is 4.33. The maximum atomic E-state index is 14.5. The summed E-state index contributed by atoms with van der Waals surface area (Å²) in [5, 5.41) is 0. The molecule has 2 N–H and O–H groups in total. The van der Waals surface area contributed by atoms with E-state index >= 15 is 0 Å². The van der Waals surface area contributed by atoms with Crippen LogP contribution in [0.1, 0.15) is 16.8 Å². The first-order chi connectivity index (χ1) is 13.9. The number of oxazole rings is 1. The lowest BCUT2D eigenvalue weighted by atomic mass is 9.82. The number of alkyl halides is 1. The molecule has 3 aromatic rings. The number of carbonyl (C=O) groups excluding carboxylic acids is 1. The standard InChI is InChI=1S/C19H14F3N5O2/c1-27-17(28)19(26-18(27)23,10-2-3-24-12(4-10)7-20)11-5-13(15-8-29-9-25-15)16(22)14(21)6-11/h2-6,8-9H,7H2,1H3,(H2,23,26). The molecule has 1 amide bonds. The Labute approximate surface area is 162 Å². The van der Waals surface area contributed by atoms with Gasteiger partial charge in [-0.2, -0.15) is 0 Å². The molecule has 0 aliphatic carbocycles. The van der Waals surface area contributed by atoms with E-state index in [0.717, 1.165) is 23.6 Å². The SMILES string of the molecule is CN1C(=O)C(c2ccnc(CF)c2)(c2cc(F)c(F)c(-c3cocn3)c2)N=C1N. The summed E-state index contributed by atoms with van der Waals surface area (Å²) in [6.45, 7) is -0.880. The Hall–Kier alpha value is -3.69. The maximum absolute atomic E-state index is 14.5. The van der Waals surface area contributed by atoms with Gasteiger partial charge in [0.25, 0.3) is 5.91 Å². The number of rotatable bonds is 4. The number of amides is 1. The molecule has 148 valence electrons. The fourth-order valence-electron chi connectivity index (χ4n) is 3.29. The summed E-state index contributed by atoms with van der Waals surface area (Å²) in [6, 6.07) is 4.90. The van der Waals surface area contributed by atoms with Gasteiger partial charge in [-0.3, -0.25) is 14.7 Å². The molecule has 0 fully saturated rings. The minimum Gasteiger partial charge on any atom is -0.451 e. The third-order valence-electron chi connectivity index (χ3n) is 4.77. The Morgan fingerprint density at radius 1 is 1.21 bits per heavy atom. The molecule has 4 rings (SSSR count). The van der Waals surface area contributed by atoms with Crippen molar-refractivity contribution in [1.82, 2.24) is 14.9 Å². The smallest absolute Gasteiger partial charge is 0.266 e. The second kappa shape index (κ2) is 6.73. The number of aromatic nitrogens is 2. The zero-order valence-electron chi connectivity index (χ0n) is 15.1. The molecule has 0 spiro atoms. The van der Waals surface area contributed by atoms with Crippen LogP contribution in [0.4, 0.5) is 13.2 Å². The predicted octanol–water partition coefficient (Wildman–Crippen LogP) is 2.51. The lowest BCUT2D eigenvalue weighted by Gasteiger charge is -2.26. The highest BCUT2D eigenvalue weighted by molar-refractivity contribution is 6.09. The topological polar surface area (TPSA) is 97.6 Å². The minimum absolute atomic E-state index is 0.00251. The third-order valence-corrected chi connectivity index (χ3v) is 4.77. The van der Waals surface area contributed by atoms with Gasteiger partial charge in [-0.1, -0.05) is 0 Å². The van der Waals surface area contributed by atoms with E-state index in [1.165, 1.54) is 31.4 Å². The molecule has 0 saturated carbocycles. The molecule has 1 aliphatic rings. The Morgan fingerprint density at radius 2 is 2.00 bits per heavy atom. The van der Waals surface area contributed by atoms with E-state index in [0.29, 0.717) is 0 Å². The van der Waals surface area contributed by atoms with Crippen molar-refractivity contribution in [3.63, 3.8) is 0 Å². The summed E-state index contributed by atoms with van der Waals surface area (Å²) in [5.74, 6) is -3.10. The van der Waals surface area contributed by atoms with Crippen molar-refractivity contribution in [3.8, 4) is 11.3 Å². The number of aliphatic imine (C=N–C) groups is 1. The first-order valence-electron chi connectivity index (χ1n) is 8.41. The van der Waals surface area contributed by atoms with Gasteiger partial charge in [-0.15, -0.1) is 0 Å². The predicted molar refractivity (Wildman–Crippen MR) is 96.1 cm³/mol. The third kappa shape index (κ3) is 2.75. The van der Waals surface area contributed by atoms with Gasteiger partial charge >= 0.3 is 0 Å². The number of carbonyl (C=O) groups is 1. The van der Waals surface area contributed by atoms with Gasteiger partial charge in [0.1, 0.15) is 18.6 Å². The van der Waals surface area contributed by atoms with Crippen LogP contribution in [-0.2, 0) is 17.0 Å². The number of halogens is 3. The van der Waals surface area contributed by atoms with Crippen molar-refractivity contribution in [1.29, 1.82) is 0 Å². The van der Waals surface area contributed by atoms with Gasteiger partial charge in [0.2, 0.25) is 0 Å². The number of pyridine rings is 1. The quantitative estimate of drug-likeness (QED) is 0.725. The van der Waals surface area contributed by atoms with Crippen molar-refractivity contribution in [3.05, 3.63) is 71.6 Å². The van der Waals surface area contributed by atoms with Gasteiger partial charge in [-0.25, -0.2) is 23.1 Å². The number of hydrogen-bond acceptors (Lipinski definition) is 6. The number of likely N-dealkylation sites (N-methyl/N-ethyl adjacent to an activating group) is 1. The Balaban J connectivity index is 2.03. The first kappa shape index (κ1) is 18.7. The molecule has 0 saturated heterocycles. The van der Waals surface area contributed by atoms with Crippen molar-refractivity contribution in [2.75, 3.05) is 7.05 Å². The summed E-state index contributed by atoms with van der Waals surface area (Å²) in [6.07, 6.45) is 3.51. The zero-order chi connectivity index (χ0) is 20.8. The number of guanidine groups is 1. The largest absolute Gasteiger partial charge is 0.451 e.